The number of Topliss-reactive ketones (excluding diaryl/α,β-unsaturated/α-hetero) is 1. The highest BCUT2D eigenvalue weighted by atomic mass is 16.5. The van der Waals surface area contributed by atoms with E-state index in [1.807, 2.05) is 58.9 Å². The molecule has 0 bridgehead atoms. The Kier molecular flexibility index (Phi) is 6.44. The largest absolute Gasteiger partial charge is 0.507 e. The van der Waals surface area contributed by atoms with Gasteiger partial charge >= 0.3 is 0 Å². The molecule has 1 aliphatic heterocycles. The maximum Gasteiger partial charge on any atom is 0.174 e. The molecule has 1 atom stereocenters. The molecular formula is C26H30O5. The van der Waals surface area contributed by atoms with E-state index < -0.39 is 6.10 Å². The standard InChI is InChI=1S/C26H30O5/c1-14(2)6-8-17-11-18(10-16(5)25(17)30)23-13-22(29)24-21(28)12-20(27)19(26(24)31-23)9-7-15(3)4/h6-7,10-12,23,27-28,30H,8-9,13H2,1-5H3. The van der Waals surface area contributed by atoms with Crippen molar-refractivity contribution in [3.63, 3.8) is 0 Å². The number of hydrogen-bond donors (Lipinski definition) is 3. The maximum absolute atomic E-state index is 12.9. The van der Waals surface area contributed by atoms with Crippen molar-refractivity contribution in [1.29, 1.82) is 0 Å². The molecule has 3 N–H and O–H groups in total. The Bertz CT molecular complexity index is 1080. The molecule has 1 aliphatic rings. The average Bonchev–Trinajstić information content (AvgIpc) is 2.67. The molecule has 0 aromatic heterocycles. The molecule has 0 saturated carbocycles. The van der Waals surface area contributed by atoms with Crippen LogP contribution in [0.3, 0.4) is 0 Å². The van der Waals surface area contributed by atoms with Crippen LogP contribution in [0.2, 0.25) is 0 Å². The minimum absolute atomic E-state index is 0.0692. The molecule has 5 heteroatoms. The van der Waals surface area contributed by atoms with Crippen molar-refractivity contribution in [2.75, 3.05) is 0 Å². The van der Waals surface area contributed by atoms with Crippen LogP contribution in [0.5, 0.6) is 23.0 Å². The van der Waals surface area contributed by atoms with Gasteiger partial charge < -0.3 is 20.1 Å². The first kappa shape index (κ1) is 22.5. The van der Waals surface area contributed by atoms with Gasteiger partial charge in [-0.1, -0.05) is 23.3 Å². The normalized spacial score (nSPS) is 15.1. The first-order valence-corrected chi connectivity index (χ1v) is 10.4. The van der Waals surface area contributed by atoms with E-state index in [0.29, 0.717) is 24.0 Å². The quantitative estimate of drug-likeness (QED) is 0.527. The van der Waals surface area contributed by atoms with Gasteiger partial charge in [-0.3, -0.25) is 4.79 Å². The highest BCUT2D eigenvalue weighted by Crippen LogP contribution is 2.46. The highest BCUT2D eigenvalue weighted by molar-refractivity contribution is 6.03. The van der Waals surface area contributed by atoms with Crippen molar-refractivity contribution in [2.24, 2.45) is 0 Å². The van der Waals surface area contributed by atoms with Gasteiger partial charge in [0.05, 0.1) is 6.42 Å². The number of allylic oxidation sites excluding steroid dienone is 4. The second-order valence-electron chi connectivity index (χ2n) is 8.65. The van der Waals surface area contributed by atoms with Crippen LogP contribution in [0.25, 0.3) is 0 Å². The second-order valence-corrected chi connectivity index (χ2v) is 8.65. The van der Waals surface area contributed by atoms with Crippen LogP contribution in [-0.2, 0) is 12.8 Å². The van der Waals surface area contributed by atoms with Crippen LogP contribution >= 0.6 is 0 Å². The number of fused-ring (bicyclic) bond motifs is 1. The summed E-state index contributed by atoms with van der Waals surface area (Å²) >= 11 is 0. The third-order valence-corrected chi connectivity index (χ3v) is 5.47. The van der Waals surface area contributed by atoms with E-state index in [9.17, 15) is 20.1 Å². The van der Waals surface area contributed by atoms with Crippen LogP contribution in [0.4, 0.5) is 0 Å². The molecule has 0 saturated heterocycles. The Morgan fingerprint density at radius 3 is 2.29 bits per heavy atom. The summed E-state index contributed by atoms with van der Waals surface area (Å²) in [6, 6.07) is 4.89. The summed E-state index contributed by atoms with van der Waals surface area (Å²) < 4.78 is 6.22. The lowest BCUT2D eigenvalue weighted by molar-refractivity contribution is 0.0842. The number of phenols is 3. The number of benzene rings is 2. The summed E-state index contributed by atoms with van der Waals surface area (Å²) in [4.78, 5) is 12.9. The summed E-state index contributed by atoms with van der Waals surface area (Å²) in [7, 11) is 0. The smallest absolute Gasteiger partial charge is 0.174 e. The van der Waals surface area contributed by atoms with Crippen LogP contribution in [0.1, 0.15) is 72.8 Å². The lowest BCUT2D eigenvalue weighted by Crippen LogP contribution is -2.22. The zero-order chi connectivity index (χ0) is 22.9. The molecule has 0 spiro atoms. The number of rotatable bonds is 5. The lowest BCUT2D eigenvalue weighted by atomic mass is 9.90. The monoisotopic (exact) mass is 422 g/mol. The van der Waals surface area contributed by atoms with Gasteiger partial charge in [0, 0.05) is 11.6 Å². The molecule has 0 fully saturated rings. The number of aryl methyl sites for hydroxylation is 1. The Labute approximate surface area is 183 Å². The molecule has 164 valence electrons. The molecule has 0 amide bonds. The number of carbonyl (C=O) groups excluding carboxylic acids is 1. The first-order valence-electron chi connectivity index (χ1n) is 10.4. The molecule has 0 radical (unpaired) electrons. The van der Waals surface area contributed by atoms with Gasteiger partial charge in [0.15, 0.2) is 5.78 Å². The molecule has 0 aliphatic carbocycles. The Hall–Kier alpha value is -3.21. The SMILES string of the molecule is CC(C)=CCc1cc(C2CC(=O)c3c(O)cc(O)c(CC=C(C)C)c3O2)cc(C)c1O. The van der Waals surface area contributed by atoms with Crippen LogP contribution < -0.4 is 4.74 Å². The third-order valence-electron chi connectivity index (χ3n) is 5.47. The van der Waals surface area contributed by atoms with Gasteiger partial charge in [0.25, 0.3) is 0 Å². The van der Waals surface area contributed by atoms with E-state index in [1.54, 1.807) is 0 Å². The molecule has 2 aromatic rings. The van der Waals surface area contributed by atoms with Crippen molar-refractivity contribution in [3.05, 3.63) is 69.3 Å². The summed E-state index contributed by atoms with van der Waals surface area (Å²) in [5.41, 5.74) is 5.07. The number of aromatic hydroxyl groups is 3. The van der Waals surface area contributed by atoms with Gasteiger partial charge in [0.2, 0.25) is 0 Å². The van der Waals surface area contributed by atoms with Gasteiger partial charge in [0.1, 0.15) is 34.7 Å². The Morgan fingerprint density at radius 2 is 1.65 bits per heavy atom. The van der Waals surface area contributed by atoms with Gasteiger partial charge in [-0.25, -0.2) is 0 Å². The van der Waals surface area contributed by atoms with E-state index in [-0.39, 0.29) is 40.8 Å². The summed E-state index contributed by atoms with van der Waals surface area (Å²) in [6.07, 6.45) is 4.43. The number of hydrogen-bond acceptors (Lipinski definition) is 5. The van der Waals surface area contributed by atoms with Crippen molar-refractivity contribution >= 4 is 5.78 Å². The molecule has 3 rings (SSSR count). The van der Waals surface area contributed by atoms with Gasteiger partial charge in [-0.05, 0) is 76.3 Å². The fraction of sp³-hybridized carbons (Fsp3) is 0.346. The predicted molar refractivity (Wildman–Crippen MR) is 121 cm³/mol. The maximum atomic E-state index is 12.9. The molecule has 1 unspecified atom stereocenters. The van der Waals surface area contributed by atoms with Crippen molar-refractivity contribution in [3.8, 4) is 23.0 Å². The Balaban J connectivity index is 2.07. The van der Waals surface area contributed by atoms with E-state index >= 15 is 0 Å². The molecule has 2 aromatic carbocycles. The van der Waals surface area contributed by atoms with Gasteiger partial charge in [-0.2, -0.15) is 0 Å². The first-order chi connectivity index (χ1) is 14.6. The average molecular weight is 423 g/mol. The third kappa shape index (κ3) is 4.76. The van der Waals surface area contributed by atoms with E-state index in [1.165, 1.54) is 6.07 Å². The van der Waals surface area contributed by atoms with Crippen LogP contribution in [-0.4, -0.2) is 21.1 Å². The second kappa shape index (κ2) is 8.88. The van der Waals surface area contributed by atoms with E-state index in [4.69, 9.17) is 4.74 Å². The van der Waals surface area contributed by atoms with E-state index in [0.717, 1.165) is 22.3 Å². The predicted octanol–water partition coefficient (Wildman–Crippen LogP) is 5.84. The minimum atomic E-state index is -0.573. The number of carbonyl (C=O) groups is 1. The fourth-order valence-corrected chi connectivity index (χ4v) is 3.75. The zero-order valence-electron chi connectivity index (χ0n) is 18.7. The number of phenolic OH excluding ortho intramolecular Hbond substituents is 3. The van der Waals surface area contributed by atoms with Crippen molar-refractivity contribution in [1.82, 2.24) is 0 Å². The lowest BCUT2D eigenvalue weighted by Gasteiger charge is -2.29. The van der Waals surface area contributed by atoms with Gasteiger partial charge in [-0.15, -0.1) is 0 Å². The Morgan fingerprint density at radius 1 is 1.00 bits per heavy atom. The summed E-state index contributed by atoms with van der Waals surface area (Å²) in [5.74, 6) is -0.147. The topological polar surface area (TPSA) is 87.0 Å². The molecule has 1 heterocycles. The van der Waals surface area contributed by atoms with Crippen molar-refractivity contribution in [2.45, 2.75) is 60.0 Å². The van der Waals surface area contributed by atoms with Crippen LogP contribution in [0.15, 0.2) is 41.5 Å². The number of ketones is 1. The minimum Gasteiger partial charge on any atom is -0.507 e. The zero-order valence-corrected chi connectivity index (χ0v) is 18.7. The van der Waals surface area contributed by atoms with Crippen molar-refractivity contribution < 1.29 is 24.9 Å². The molecule has 5 nitrogen and oxygen atoms in total. The van der Waals surface area contributed by atoms with E-state index in [2.05, 4.69) is 0 Å². The number of ether oxygens (including phenoxy) is 1. The highest BCUT2D eigenvalue weighted by Gasteiger charge is 2.33. The fourth-order valence-electron chi connectivity index (χ4n) is 3.75. The molecule has 31 heavy (non-hydrogen) atoms. The van der Waals surface area contributed by atoms with Crippen LogP contribution in [0, 0.1) is 6.92 Å². The molecular weight excluding hydrogens is 392 g/mol. The summed E-state index contributed by atoms with van der Waals surface area (Å²) in [6.45, 7) is 9.72. The summed E-state index contributed by atoms with van der Waals surface area (Å²) in [5, 5.41) is 31.2.